The molecule has 0 spiro atoms. The van der Waals surface area contributed by atoms with E-state index in [9.17, 15) is 4.79 Å². The number of fused-ring (bicyclic) bond motifs is 1. The number of carbonyl (C=O) groups is 1. The van der Waals surface area contributed by atoms with E-state index in [-0.39, 0.29) is 5.91 Å². The molecule has 0 aromatic heterocycles. The number of nitrogens with one attached hydrogen (secondary N) is 1. The number of hydrogen-bond donors (Lipinski definition) is 1. The van der Waals surface area contributed by atoms with Gasteiger partial charge in [-0.25, -0.2) is 0 Å². The van der Waals surface area contributed by atoms with Crippen molar-refractivity contribution in [3.8, 4) is 0 Å². The normalized spacial score (nSPS) is 31.7. The van der Waals surface area contributed by atoms with Crippen molar-refractivity contribution in [3.63, 3.8) is 0 Å². The van der Waals surface area contributed by atoms with Crippen LogP contribution in [0.1, 0.15) is 64.2 Å². The summed E-state index contributed by atoms with van der Waals surface area (Å²) in [6.07, 6.45) is 12.4. The average Bonchev–Trinajstić information content (AvgIpc) is 3.10. The minimum absolute atomic E-state index is 0.284. The molecule has 5 heteroatoms. The molecule has 3 rings (SSSR count). The number of hydrogen-bond acceptors (Lipinski definition) is 4. The summed E-state index contributed by atoms with van der Waals surface area (Å²) in [5, 5.41) is 4.09. The Morgan fingerprint density at radius 2 is 2.00 bits per heavy atom. The molecule has 3 atom stereocenters. The van der Waals surface area contributed by atoms with Gasteiger partial charge in [-0.1, -0.05) is 34.4 Å². The highest BCUT2D eigenvalue weighted by Crippen LogP contribution is 2.39. The summed E-state index contributed by atoms with van der Waals surface area (Å²) < 4.78 is 0. The van der Waals surface area contributed by atoms with E-state index in [2.05, 4.69) is 21.0 Å². The Labute approximate surface area is 149 Å². The Morgan fingerprint density at radius 1 is 1.09 bits per heavy atom. The van der Waals surface area contributed by atoms with Crippen LogP contribution in [0, 0.1) is 5.92 Å². The van der Waals surface area contributed by atoms with E-state index in [1.807, 2.05) is 10.8 Å². The lowest BCUT2D eigenvalue weighted by atomic mass is 9.83. The topological polar surface area (TPSA) is 32.3 Å². The molecule has 0 unspecified atom stereocenters. The summed E-state index contributed by atoms with van der Waals surface area (Å²) in [4.78, 5) is 14.8. The van der Waals surface area contributed by atoms with Crippen molar-refractivity contribution in [1.29, 1.82) is 0 Å². The molecule has 0 saturated carbocycles. The van der Waals surface area contributed by atoms with Crippen LogP contribution in [0.25, 0.3) is 0 Å². The summed E-state index contributed by atoms with van der Waals surface area (Å²) in [6, 6.07) is 0.745. The van der Waals surface area contributed by atoms with Gasteiger partial charge in [0, 0.05) is 30.0 Å². The smallest absolute Gasteiger partial charge is 0.220 e. The van der Waals surface area contributed by atoms with Crippen LogP contribution < -0.4 is 5.32 Å². The van der Waals surface area contributed by atoms with Crippen molar-refractivity contribution in [3.05, 3.63) is 0 Å². The first-order valence-corrected chi connectivity index (χ1v) is 12.0. The molecule has 3 aliphatic rings. The fourth-order valence-corrected chi connectivity index (χ4v) is 7.40. The van der Waals surface area contributed by atoms with Gasteiger partial charge in [0.25, 0.3) is 0 Å². The summed E-state index contributed by atoms with van der Waals surface area (Å²) in [7, 11) is 4.07. The summed E-state index contributed by atoms with van der Waals surface area (Å²) >= 11 is 0. The van der Waals surface area contributed by atoms with Crippen molar-refractivity contribution in [2.24, 2.45) is 5.92 Å². The van der Waals surface area contributed by atoms with Gasteiger partial charge in [0.2, 0.25) is 5.91 Å². The first kappa shape index (κ1) is 17.9. The highest BCUT2D eigenvalue weighted by atomic mass is 33.1. The van der Waals surface area contributed by atoms with Gasteiger partial charge in [0.1, 0.15) is 0 Å². The van der Waals surface area contributed by atoms with Crippen molar-refractivity contribution in [2.45, 2.75) is 75.5 Å². The van der Waals surface area contributed by atoms with E-state index in [0.29, 0.717) is 5.92 Å². The number of piperidine rings is 2. The minimum Gasteiger partial charge on any atom is -0.356 e. The largest absolute Gasteiger partial charge is 0.356 e. The van der Waals surface area contributed by atoms with Gasteiger partial charge in [-0.15, -0.1) is 0 Å². The van der Waals surface area contributed by atoms with Gasteiger partial charge in [-0.2, -0.15) is 0 Å². The zero-order chi connectivity index (χ0) is 15.9. The Balaban J connectivity index is 1.29. The molecular formula is C18H32N2OS2. The van der Waals surface area contributed by atoms with E-state index in [1.54, 1.807) is 0 Å². The maximum Gasteiger partial charge on any atom is 0.220 e. The number of nitrogens with zero attached hydrogens (tertiary/aromatic N) is 1. The molecule has 3 nitrogen and oxygen atoms in total. The second-order valence-corrected chi connectivity index (χ2v) is 10.2. The molecule has 3 heterocycles. The molecule has 3 saturated heterocycles. The average molecular weight is 357 g/mol. The van der Waals surface area contributed by atoms with Crippen LogP contribution in [0.3, 0.4) is 0 Å². The zero-order valence-corrected chi connectivity index (χ0v) is 15.9. The molecule has 23 heavy (non-hydrogen) atoms. The fourth-order valence-electron chi connectivity index (χ4n) is 4.37. The van der Waals surface area contributed by atoms with Gasteiger partial charge in [-0.3, -0.25) is 4.79 Å². The van der Waals surface area contributed by atoms with Crippen LogP contribution >= 0.6 is 21.6 Å². The molecule has 1 N–H and O–H groups in total. The van der Waals surface area contributed by atoms with E-state index in [4.69, 9.17) is 0 Å². The Hall–Kier alpha value is 0.130. The number of rotatable bonds is 7. The molecule has 0 aromatic carbocycles. The van der Waals surface area contributed by atoms with E-state index >= 15 is 0 Å². The second kappa shape index (κ2) is 9.57. The predicted molar refractivity (Wildman–Crippen MR) is 102 cm³/mol. The Morgan fingerprint density at radius 3 is 2.87 bits per heavy atom. The third-order valence-electron chi connectivity index (χ3n) is 5.70. The standard InChI is InChI=1S/C18H32N2OS2/c21-18(9-2-1-7-16-10-13-22-23-16)19-14-15-6-5-12-20-11-4-3-8-17(15)20/h15-17H,1-14H2,(H,19,21)/t15-,16+,17+/m0/s1. The van der Waals surface area contributed by atoms with E-state index in [0.717, 1.165) is 30.7 Å². The zero-order valence-electron chi connectivity index (χ0n) is 14.3. The molecule has 1 amide bonds. The van der Waals surface area contributed by atoms with Gasteiger partial charge in [0.05, 0.1) is 0 Å². The first-order chi connectivity index (χ1) is 11.3. The minimum atomic E-state index is 0.284. The summed E-state index contributed by atoms with van der Waals surface area (Å²) in [5.74, 6) is 2.29. The molecule has 0 bridgehead atoms. The van der Waals surface area contributed by atoms with Crippen LogP contribution in [0.2, 0.25) is 0 Å². The SMILES string of the molecule is O=C(CCCC[C@@H]1CCSS1)NC[C@@H]1CCCN2CCCC[C@H]12. The van der Waals surface area contributed by atoms with Gasteiger partial charge in [-0.05, 0) is 64.0 Å². The van der Waals surface area contributed by atoms with Crippen molar-refractivity contribution >= 4 is 27.5 Å². The van der Waals surface area contributed by atoms with Crippen LogP contribution in [0.5, 0.6) is 0 Å². The maximum atomic E-state index is 12.1. The highest BCUT2D eigenvalue weighted by molar-refractivity contribution is 8.77. The maximum absolute atomic E-state index is 12.1. The number of carbonyl (C=O) groups excluding carboxylic acids is 1. The molecule has 3 fully saturated rings. The lowest BCUT2D eigenvalue weighted by molar-refractivity contribution is -0.121. The molecule has 132 valence electrons. The Kier molecular flexibility index (Phi) is 7.46. The molecule has 0 radical (unpaired) electrons. The van der Waals surface area contributed by atoms with E-state index in [1.165, 1.54) is 70.2 Å². The molecule has 3 aliphatic heterocycles. The summed E-state index contributed by atoms with van der Waals surface area (Å²) in [6.45, 7) is 3.48. The monoisotopic (exact) mass is 356 g/mol. The molecule has 0 aliphatic carbocycles. The molecular weight excluding hydrogens is 324 g/mol. The van der Waals surface area contributed by atoms with Crippen LogP contribution in [-0.4, -0.2) is 47.5 Å². The fraction of sp³-hybridized carbons (Fsp3) is 0.944. The van der Waals surface area contributed by atoms with Gasteiger partial charge >= 0.3 is 0 Å². The van der Waals surface area contributed by atoms with Crippen molar-refractivity contribution in [1.82, 2.24) is 10.2 Å². The van der Waals surface area contributed by atoms with Crippen molar-refractivity contribution < 1.29 is 4.79 Å². The quantitative estimate of drug-likeness (QED) is 0.550. The highest BCUT2D eigenvalue weighted by Gasteiger charge is 2.32. The van der Waals surface area contributed by atoms with Gasteiger partial charge < -0.3 is 10.2 Å². The van der Waals surface area contributed by atoms with Crippen LogP contribution in [0.15, 0.2) is 0 Å². The third kappa shape index (κ3) is 5.57. The number of amides is 1. The van der Waals surface area contributed by atoms with Gasteiger partial charge in [0.15, 0.2) is 0 Å². The second-order valence-electron chi connectivity index (χ2n) is 7.38. The van der Waals surface area contributed by atoms with Crippen molar-refractivity contribution in [2.75, 3.05) is 25.4 Å². The third-order valence-corrected chi connectivity index (χ3v) is 8.70. The Bertz CT molecular complexity index is 372. The first-order valence-electron chi connectivity index (χ1n) is 9.62. The molecule has 0 aromatic rings. The van der Waals surface area contributed by atoms with E-state index < -0.39 is 0 Å². The summed E-state index contributed by atoms with van der Waals surface area (Å²) in [5.41, 5.74) is 0. The lowest BCUT2D eigenvalue weighted by Crippen LogP contribution is -2.50. The van der Waals surface area contributed by atoms with Crippen LogP contribution in [0.4, 0.5) is 0 Å². The lowest BCUT2D eigenvalue weighted by Gasteiger charge is -2.44. The van der Waals surface area contributed by atoms with Crippen LogP contribution in [-0.2, 0) is 4.79 Å². The number of unbranched alkanes of at least 4 members (excludes halogenated alkanes) is 1. The predicted octanol–water partition coefficient (Wildman–Crippen LogP) is 4.08.